The van der Waals surface area contributed by atoms with Gasteiger partial charge in [0, 0.05) is 29.7 Å². The number of nitrogens with zero attached hydrogens (tertiary/aromatic N) is 1. The molecule has 0 saturated heterocycles. The summed E-state index contributed by atoms with van der Waals surface area (Å²) < 4.78 is 27.9. The molecule has 2 N–H and O–H groups in total. The van der Waals surface area contributed by atoms with Gasteiger partial charge in [0.05, 0.1) is 4.90 Å². The first kappa shape index (κ1) is 22.5. The van der Waals surface area contributed by atoms with E-state index >= 15 is 0 Å². The molecule has 0 spiro atoms. The van der Waals surface area contributed by atoms with Gasteiger partial charge in [0.25, 0.3) is 5.91 Å². The Hall–Kier alpha value is -1.74. The Morgan fingerprint density at radius 1 is 1.04 bits per heavy atom. The lowest BCUT2D eigenvalue weighted by molar-refractivity contribution is 0.0949. The Kier molecular flexibility index (Phi) is 8.62. The highest BCUT2D eigenvalue weighted by Crippen LogP contribution is 2.21. The molecule has 0 aromatic heterocycles. The second-order valence-electron chi connectivity index (χ2n) is 6.23. The minimum Gasteiger partial charge on any atom is -0.351 e. The molecule has 0 aliphatic rings. The summed E-state index contributed by atoms with van der Waals surface area (Å²) >= 11 is 3.26. The van der Waals surface area contributed by atoms with Crippen molar-refractivity contribution in [1.82, 2.24) is 14.9 Å². The molecule has 0 aliphatic carbocycles. The van der Waals surface area contributed by atoms with E-state index in [0.717, 1.165) is 25.2 Å². The predicted octanol–water partition coefficient (Wildman–Crippen LogP) is 3.00. The zero-order valence-corrected chi connectivity index (χ0v) is 18.5. The molecule has 0 bridgehead atoms. The Morgan fingerprint density at radius 2 is 1.68 bits per heavy atom. The van der Waals surface area contributed by atoms with Crippen LogP contribution >= 0.6 is 15.9 Å². The fourth-order valence-electron chi connectivity index (χ4n) is 2.66. The van der Waals surface area contributed by atoms with Crippen LogP contribution in [-0.4, -0.2) is 45.4 Å². The van der Waals surface area contributed by atoms with Crippen molar-refractivity contribution in [2.75, 3.05) is 26.2 Å². The van der Waals surface area contributed by atoms with Crippen LogP contribution in [0.1, 0.15) is 29.8 Å². The summed E-state index contributed by atoms with van der Waals surface area (Å²) in [5.41, 5.74) is 1.33. The van der Waals surface area contributed by atoms with Crippen molar-refractivity contribution in [2.45, 2.75) is 25.3 Å². The van der Waals surface area contributed by atoms with Crippen LogP contribution in [0.5, 0.6) is 0 Å². The van der Waals surface area contributed by atoms with Crippen LogP contribution in [0.3, 0.4) is 0 Å². The van der Waals surface area contributed by atoms with Gasteiger partial charge in [-0.2, -0.15) is 0 Å². The molecule has 0 radical (unpaired) electrons. The molecule has 0 aliphatic heterocycles. The number of rotatable bonds is 10. The van der Waals surface area contributed by atoms with Gasteiger partial charge in [0.2, 0.25) is 10.0 Å². The number of amides is 1. The average Bonchev–Trinajstić information content (AvgIpc) is 2.70. The monoisotopic (exact) mass is 467 g/mol. The molecular formula is C20H26BrN3O3S. The second-order valence-corrected chi connectivity index (χ2v) is 8.82. The molecule has 2 aromatic carbocycles. The molecule has 1 amide bonds. The number of hydrogen-bond acceptors (Lipinski definition) is 4. The van der Waals surface area contributed by atoms with Gasteiger partial charge < -0.3 is 10.2 Å². The molecular weight excluding hydrogens is 442 g/mol. The summed E-state index contributed by atoms with van der Waals surface area (Å²) in [6, 6.07) is 13.6. The van der Waals surface area contributed by atoms with Gasteiger partial charge in [-0.25, -0.2) is 13.1 Å². The third-order valence-electron chi connectivity index (χ3n) is 4.42. The van der Waals surface area contributed by atoms with Gasteiger partial charge in [-0.3, -0.25) is 4.79 Å². The molecule has 0 atom stereocenters. The van der Waals surface area contributed by atoms with E-state index in [1.807, 2.05) is 0 Å². The largest absolute Gasteiger partial charge is 0.351 e. The van der Waals surface area contributed by atoms with Crippen LogP contribution in [-0.2, 0) is 16.6 Å². The van der Waals surface area contributed by atoms with Crippen molar-refractivity contribution in [1.29, 1.82) is 0 Å². The van der Waals surface area contributed by atoms with Crippen LogP contribution in [0.25, 0.3) is 0 Å². The maximum absolute atomic E-state index is 12.4. The number of sulfonamides is 1. The van der Waals surface area contributed by atoms with E-state index < -0.39 is 10.0 Å². The Bertz CT molecular complexity index is 882. The lowest BCUT2D eigenvalue weighted by Gasteiger charge is -2.18. The Morgan fingerprint density at radius 3 is 2.29 bits per heavy atom. The molecule has 8 heteroatoms. The SMILES string of the molecule is CCN(CC)CCNC(=O)c1ccc(CNS(=O)(=O)c2ccccc2Br)cc1. The van der Waals surface area contributed by atoms with Crippen LogP contribution in [0.4, 0.5) is 0 Å². The third-order valence-corrected chi connectivity index (χ3v) is 6.83. The number of carbonyl (C=O) groups is 1. The van der Waals surface area contributed by atoms with Crippen molar-refractivity contribution in [2.24, 2.45) is 0 Å². The van der Waals surface area contributed by atoms with Crippen LogP contribution < -0.4 is 10.0 Å². The summed E-state index contributed by atoms with van der Waals surface area (Å²) in [7, 11) is -3.62. The summed E-state index contributed by atoms with van der Waals surface area (Å²) in [5, 5.41) is 2.90. The molecule has 2 aromatic rings. The van der Waals surface area contributed by atoms with Crippen LogP contribution in [0.2, 0.25) is 0 Å². The Labute approximate surface area is 175 Å². The van der Waals surface area contributed by atoms with E-state index in [1.165, 1.54) is 6.07 Å². The van der Waals surface area contributed by atoms with E-state index in [9.17, 15) is 13.2 Å². The zero-order valence-electron chi connectivity index (χ0n) is 16.1. The smallest absolute Gasteiger partial charge is 0.251 e. The summed E-state index contributed by atoms with van der Waals surface area (Å²) in [6.07, 6.45) is 0. The van der Waals surface area contributed by atoms with Gasteiger partial charge in [-0.15, -0.1) is 0 Å². The van der Waals surface area contributed by atoms with Gasteiger partial charge in [0.1, 0.15) is 0 Å². The fourth-order valence-corrected chi connectivity index (χ4v) is 4.68. The van der Waals surface area contributed by atoms with Crippen molar-refractivity contribution in [3.05, 3.63) is 64.1 Å². The van der Waals surface area contributed by atoms with E-state index in [4.69, 9.17) is 0 Å². The van der Waals surface area contributed by atoms with Crippen molar-refractivity contribution >= 4 is 31.9 Å². The number of halogens is 1. The summed E-state index contributed by atoms with van der Waals surface area (Å²) in [6.45, 7) is 7.64. The molecule has 0 saturated carbocycles. The lowest BCUT2D eigenvalue weighted by Crippen LogP contribution is -2.34. The number of carbonyl (C=O) groups excluding carboxylic acids is 1. The molecule has 152 valence electrons. The topological polar surface area (TPSA) is 78.5 Å². The molecule has 6 nitrogen and oxygen atoms in total. The molecule has 0 fully saturated rings. The summed E-state index contributed by atoms with van der Waals surface area (Å²) in [5.74, 6) is -0.132. The number of likely N-dealkylation sites (N-methyl/N-ethyl adjacent to an activating group) is 1. The average molecular weight is 468 g/mol. The quantitative estimate of drug-likeness (QED) is 0.562. The minimum absolute atomic E-state index is 0.132. The van der Waals surface area contributed by atoms with Gasteiger partial charge in [-0.05, 0) is 58.8 Å². The number of benzene rings is 2. The molecule has 0 heterocycles. The first-order valence-electron chi connectivity index (χ1n) is 9.21. The Balaban J connectivity index is 1.90. The fraction of sp³-hybridized carbons (Fsp3) is 0.350. The van der Waals surface area contributed by atoms with Gasteiger partial charge in [0.15, 0.2) is 0 Å². The summed E-state index contributed by atoms with van der Waals surface area (Å²) in [4.78, 5) is 14.6. The molecule has 28 heavy (non-hydrogen) atoms. The maximum Gasteiger partial charge on any atom is 0.251 e. The number of nitrogens with one attached hydrogen (secondary N) is 2. The van der Waals surface area contributed by atoms with Crippen LogP contribution in [0, 0.1) is 0 Å². The minimum atomic E-state index is -3.62. The highest BCUT2D eigenvalue weighted by atomic mass is 79.9. The highest BCUT2D eigenvalue weighted by Gasteiger charge is 2.16. The number of hydrogen-bond donors (Lipinski definition) is 2. The zero-order chi connectivity index (χ0) is 20.6. The van der Waals surface area contributed by atoms with Crippen molar-refractivity contribution in [3.8, 4) is 0 Å². The molecule has 2 rings (SSSR count). The normalized spacial score (nSPS) is 11.6. The van der Waals surface area contributed by atoms with Crippen LogP contribution in [0.15, 0.2) is 57.9 Å². The first-order chi connectivity index (χ1) is 13.4. The lowest BCUT2D eigenvalue weighted by atomic mass is 10.1. The predicted molar refractivity (Wildman–Crippen MR) is 115 cm³/mol. The van der Waals surface area contributed by atoms with Gasteiger partial charge >= 0.3 is 0 Å². The second kappa shape index (κ2) is 10.7. The van der Waals surface area contributed by atoms with Gasteiger partial charge in [-0.1, -0.05) is 38.1 Å². The standard InChI is InChI=1S/C20H26BrN3O3S/c1-3-24(4-2)14-13-22-20(25)17-11-9-16(10-12-17)15-23-28(26,27)19-8-6-5-7-18(19)21/h5-12,23H,3-4,13-15H2,1-2H3,(H,22,25). The van der Waals surface area contributed by atoms with Crippen molar-refractivity contribution < 1.29 is 13.2 Å². The van der Waals surface area contributed by atoms with E-state index in [1.54, 1.807) is 42.5 Å². The van der Waals surface area contributed by atoms with E-state index in [0.29, 0.717) is 16.6 Å². The highest BCUT2D eigenvalue weighted by molar-refractivity contribution is 9.10. The van der Waals surface area contributed by atoms with E-state index in [-0.39, 0.29) is 17.3 Å². The maximum atomic E-state index is 12.4. The molecule has 0 unspecified atom stereocenters. The first-order valence-corrected chi connectivity index (χ1v) is 11.5. The van der Waals surface area contributed by atoms with E-state index in [2.05, 4.69) is 44.7 Å². The third kappa shape index (κ3) is 6.41. The van der Waals surface area contributed by atoms with Crippen molar-refractivity contribution in [3.63, 3.8) is 0 Å².